The SMILES string of the molecule is C=C(C)CC[C@H](C[C@]12C[C@@H](CC=C(C)C)C(C)(C)[C@](CC=C(C)C)(C(=O)/C(=C(\O)c3ccc(O)c(O)c3)C1=O)C2=O)C(=C)C. The number of phenols is 2. The van der Waals surface area contributed by atoms with Crippen LogP contribution in [-0.2, 0) is 14.4 Å². The van der Waals surface area contributed by atoms with Gasteiger partial charge >= 0.3 is 0 Å². The summed E-state index contributed by atoms with van der Waals surface area (Å²) in [5, 5.41) is 31.7. The maximum Gasteiger partial charge on any atom is 0.184 e. The highest BCUT2D eigenvalue weighted by molar-refractivity contribution is 6.41. The second-order valence-electron chi connectivity index (χ2n) is 14.3. The van der Waals surface area contributed by atoms with Gasteiger partial charge in [0.25, 0.3) is 0 Å². The number of aromatic hydroxyl groups is 2. The molecule has 238 valence electrons. The van der Waals surface area contributed by atoms with Gasteiger partial charge in [-0.1, -0.05) is 54.9 Å². The summed E-state index contributed by atoms with van der Waals surface area (Å²) in [4.78, 5) is 44.9. The van der Waals surface area contributed by atoms with Crippen molar-refractivity contribution in [1.29, 1.82) is 0 Å². The van der Waals surface area contributed by atoms with Crippen LogP contribution in [0.2, 0.25) is 0 Å². The Morgan fingerprint density at radius 3 is 2.09 bits per heavy atom. The first-order chi connectivity index (χ1) is 20.3. The van der Waals surface area contributed by atoms with Crippen molar-refractivity contribution in [2.45, 2.75) is 93.9 Å². The topological polar surface area (TPSA) is 112 Å². The quantitative estimate of drug-likeness (QED) is 0.0583. The Morgan fingerprint density at radius 2 is 1.57 bits per heavy atom. The standard InChI is InChI=1S/C38H50O6/c1-22(2)11-13-27(25(7)8)20-37-21-28(15-12-23(3)4)36(9,10)38(35(37)44,18-17-24(5)6)34(43)31(33(37)42)32(41)26-14-16-29(39)30(40)19-26/h12,14,16-17,19,27-28,39-41H,1,7,11,13,15,18,20-21H2,2-6,8-10H3/b32-31-/t27-,28-,37+,38-/m1/s1. The molecule has 0 radical (unpaired) electrons. The molecule has 2 aliphatic carbocycles. The summed E-state index contributed by atoms with van der Waals surface area (Å²) in [7, 11) is 0. The molecule has 0 amide bonds. The monoisotopic (exact) mass is 602 g/mol. The maximum absolute atomic E-state index is 15.2. The highest BCUT2D eigenvalue weighted by atomic mass is 16.3. The fourth-order valence-corrected chi connectivity index (χ4v) is 7.19. The van der Waals surface area contributed by atoms with Crippen molar-refractivity contribution in [1.82, 2.24) is 0 Å². The van der Waals surface area contributed by atoms with Crippen molar-refractivity contribution in [3.8, 4) is 11.5 Å². The molecule has 6 nitrogen and oxygen atoms in total. The molecule has 1 aromatic rings. The number of carbonyl (C=O) groups excluding carboxylic acids is 3. The van der Waals surface area contributed by atoms with Gasteiger partial charge in [0, 0.05) is 5.56 Å². The van der Waals surface area contributed by atoms with E-state index >= 15 is 4.79 Å². The zero-order valence-corrected chi connectivity index (χ0v) is 27.8. The van der Waals surface area contributed by atoms with E-state index in [1.165, 1.54) is 12.1 Å². The highest BCUT2D eigenvalue weighted by Gasteiger charge is 2.74. The molecule has 0 aliphatic heterocycles. The third-order valence-corrected chi connectivity index (χ3v) is 10.1. The third kappa shape index (κ3) is 6.00. The van der Waals surface area contributed by atoms with E-state index < -0.39 is 50.6 Å². The fourth-order valence-electron chi connectivity index (χ4n) is 7.19. The van der Waals surface area contributed by atoms with E-state index in [0.29, 0.717) is 19.3 Å². The van der Waals surface area contributed by atoms with E-state index in [4.69, 9.17) is 0 Å². The van der Waals surface area contributed by atoms with Crippen LogP contribution in [0.3, 0.4) is 0 Å². The number of aliphatic hydroxyl groups excluding tert-OH is 1. The number of fused-ring (bicyclic) bond motifs is 2. The summed E-state index contributed by atoms with van der Waals surface area (Å²) in [5.41, 5.74) is -0.587. The zero-order valence-electron chi connectivity index (χ0n) is 27.8. The molecule has 0 unspecified atom stereocenters. The highest BCUT2D eigenvalue weighted by Crippen LogP contribution is 2.66. The molecule has 2 saturated carbocycles. The Bertz CT molecular complexity index is 1480. The molecule has 1 aromatic carbocycles. The van der Waals surface area contributed by atoms with E-state index in [1.54, 1.807) is 0 Å². The molecule has 2 aliphatic rings. The Morgan fingerprint density at radius 1 is 0.955 bits per heavy atom. The summed E-state index contributed by atoms with van der Waals surface area (Å²) < 4.78 is 0. The van der Waals surface area contributed by atoms with Crippen molar-refractivity contribution in [3.63, 3.8) is 0 Å². The molecule has 2 fully saturated rings. The number of hydrogen-bond donors (Lipinski definition) is 3. The molecule has 3 rings (SSSR count). The van der Waals surface area contributed by atoms with Crippen molar-refractivity contribution < 1.29 is 29.7 Å². The van der Waals surface area contributed by atoms with Crippen molar-refractivity contribution in [2.75, 3.05) is 0 Å². The number of phenolic OH excluding ortho intramolecular Hbond substituents is 2. The average Bonchev–Trinajstić information content (AvgIpc) is 2.91. The van der Waals surface area contributed by atoms with Gasteiger partial charge in [-0.2, -0.15) is 0 Å². The number of benzene rings is 1. The van der Waals surface area contributed by atoms with Gasteiger partial charge in [0.05, 0.1) is 5.41 Å². The lowest BCUT2D eigenvalue weighted by Crippen LogP contribution is -2.69. The van der Waals surface area contributed by atoms with Crippen LogP contribution in [0.5, 0.6) is 11.5 Å². The van der Waals surface area contributed by atoms with Crippen molar-refractivity contribution in [3.05, 3.63) is 76.9 Å². The van der Waals surface area contributed by atoms with Gasteiger partial charge < -0.3 is 15.3 Å². The van der Waals surface area contributed by atoms with E-state index in [1.807, 2.05) is 61.5 Å². The molecular weight excluding hydrogens is 552 g/mol. The van der Waals surface area contributed by atoms with Crippen LogP contribution in [0.15, 0.2) is 71.4 Å². The van der Waals surface area contributed by atoms with Gasteiger partial charge in [0.1, 0.15) is 16.7 Å². The number of carbonyl (C=O) groups is 3. The maximum atomic E-state index is 15.2. The molecule has 0 spiro atoms. The minimum absolute atomic E-state index is 0.00886. The van der Waals surface area contributed by atoms with Crippen LogP contribution < -0.4 is 0 Å². The molecular formula is C38H50O6. The van der Waals surface area contributed by atoms with Crippen molar-refractivity contribution in [2.24, 2.45) is 28.1 Å². The van der Waals surface area contributed by atoms with Crippen LogP contribution in [0.1, 0.15) is 99.5 Å². The number of aliphatic hydroxyl groups is 1. The van der Waals surface area contributed by atoms with Gasteiger partial charge in [0.2, 0.25) is 0 Å². The summed E-state index contributed by atoms with van der Waals surface area (Å²) in [6.45, 7) is 23.8. The van der Waals surface area contributed by atoms with E-state index in [0.717, 1.165) is 28.4 Å². The molecule has 3 N–H and O–H groups in total. The first kappa shape index (κ1) is 34.8. The molecule has 44 heavy (non-hydrogen) atoms. The number of hydrogen-bond acceptors (Lipinski definition) is 6. The number of ketones is 3. The van der Waals surface area contributed by atoms with Crippen LogP contribution in [0, 0.1) is 28.1 Å². The van der Waals surface area contributed by atoms with Gasteiger partial charge in [-0.25, -0.2) is 0 Å². The Labute approximate surface area is 263 Å². The summed E-state index contributed by atoms with van der Waals surface area (Å²) >= 11 is 0. The van der Waals surface area contributed by atoms with Crippen LogP contribution >= 0.6 is 0 Å². The minimum atomic E-state index is -1.62. The number of Topliss-reactive ketones (excluding diaryl/α,β-unsaturated/α-hetero) is 3. The molecule has 2 bridgehead atoms. The fraction of sp³-hybridized carbons (Fsp3) is 0.500. The van der Waals surface area contributed by atoms with Crippen LogP contribution in [0.25, 0.3) is 5.76 Å². The zero-order chi connectivity index (χ0) is 33.4. The van der Waals surface area contributed by atoms with Crippen LogP contribution in [0.4, 0.5) is 0 Å². The molecule has 0 saturated heterocycles. The van der Waals surface area contributed by atoms with Crippen molar-refractivity contribution >= 4 is 23.1 Å². The summed E-state index contributed by atoms with van der Waals surface area (Å²) in [6.07, 6.45) is 6.46. The first-order valence-electron chi connectivity index (χ1n) is 15.5. The molecule has 6 heteroatoms. The second kappa shape index (κ2) is 12.7. The Kier molecular flexibility index (Phi) is 10.1. The van der Waals surface area contributed by atoms with Gasteiger partial charge in [-0.05, 0) is 116 Å². The Balaban J connectivity index is 2.45. The number of allylic oxidation sites excluding steroid dienone is 7. The normalized spacial score (nSPS) is 26.1. The summed E-state index contributed by atoms with van der Waals surface area (Å²) in [6, 6.07) is 3.64. The summed E-state index contributed by atoms with van der Waals surface area (Å²) in [5.74, 6) is -3.61. The lowest BCUT2D eigenvalue weighted by atomic mass is 9.38. The smallest absolute Gasteiger partial charge is 0.184 e. The second-order valence-corrected chi connectivity index (χ2v) is 14.3. The minimum Gasteiger partial charge on any atom is -0.506 e. The third-order valence-electron chi connectivity index (χ3n) is 10.1. The molecule has 4 atom stereocenters. The Hall–Kier alpha value is -3.67. The predicted octanol–water partition coefficient (Wildman–Crippen LogP) is 8.76. The van der Waals surface area contributed by atoms with E-state index in [9.17, 15) is 24.9 Å². The molecule has 0 heterocycles. The van der Waals surface area contributed by atoms with Gasteiger partial charge in [-0.3, -0.25) is 14.4 Å². The van der Waals surface area contributed by atoms with Gasteiger partial charge in [-0.15, -0.1) is 6.58 Å². The van der Waals surface area contributed by atoms with Crippen LogP contribution in [-0.4, -0.2) is 32.7 Å². The largest absolute Gasteiger partial charge is 0.506 e. The molecule has 0 aromatic heterocycles. The number of rotatable bonds is 11. The lowest BCUT2D eigenvalue weighted by molar-refractivity contribution is -0.177. The lowest BCUT2D eigenvalue weighted by Gasteiger charge is -2.60. The van der Waals surface area contributed by atoms with E-state index in [-0.39, 0.29) is 42.4 Å². The average molecular weight is 603 g/mol. The van der Waals surface area contributed by atoms with E-state index in [2.05, 4.69) is 19.2 Å². The first-order valence-corrected chi connectivity index (χ1v) is 15.5. The predicted molar refractivity (Wildman–Crippen MR) is 176 cm³/mol. The van der Waals surface area contributed by atoms with Gasteiger partial charge in [0.15, 0.2) is 28.8 Å².